The fraction of sp³-hybridized carbons (Fsp3) is 0.842. The van der Waals surface area contributed by atoms with E-state index in [0.717, 1.165) is 30.6 Å². The molecule has 0 aromatic rings. The third kappa shape index (κ3) is 1.74. The molecule has 3 aliphatic carbocycles. The van der Waals surface area contributed by atoms with Crippen molar-refractivity contribution in [3.05, 3.63) is 11.8 Å². The summed E-state index contributed by atoms with van der Waals surface area (Å²) in [5, 5.41) is 0. The second-order valence-corrected chi connectivity index (χ2v) is 8.66. The Morgan fingerprint density at radius 2 is 1.95 bits per heavy atom. The minimum Gasteiger partial charge on any atom is -0.319 e. The number of rotatable bonds is 0. The lowest BCUT2D eigenvalue weighted by atomic mass is 9.50. The molecule has 0 aromatic heterocycles. The Hall–Kier alpha value is -0.790. The van der Waals surface area contributed by atoms with E-state index in [2.05, 4.69) is 19.9 Å². The number of carbonyl (C=O) groups is 1. The maximum atomic E-state index is 12.1. The summed E-state index contributed by atoms with van der Waals surface area (Å²) in [6, 6.07) is 0. The van der Waals surface area contributed by atoms with Crippen molar-refractivity contribution in [2.24, 2.45) is 28.6 Å². The number of fused-ring (bicyclic) bond motifs is 5. The first kappa shape index (κ1) is 13.8. The standard InChI is InChI=1S/C19H29NO/c1-18-10-4-5-14(18)13-6-7-16-19(2,15(13)8-11-18)12-9-17(21)20(16)3/h7,13-15H,4-6,8-12H2,1-3H3/t13-,14-,15+,18-,19+/m0/s1. The highest BCUT2D eigenvalue weighted by Gasteiger charge is 2.56. The average molecular weight is 287 g/mol. The van der Waals surface area contributed by atoms with Crippen molar-refractivity contribution in [2.75, 3.05) is 7.05 Å². The topological polar surface area (TPSA) is 20.3 Å². The Kier molecular flexibility index (Phi) is 2.88. The normalized spacial score (nSPS) is 49.3. The van der Waals surface area contributed by atoms with Crippen LogP contribution in [0.4, 0.5) is 0 Å². The summed E-state index contributed by atoms with van der Waals surface area (Å²) in [6.45, 7) is 5.01. The fourth-order valence-corrected chi connectivity index (χ4v) is 6.57. The van der Waals surface area contributed by atoms with Crippen LogP contribution in [-0.4, -0.2) is 17.9 Å². The molecule has 1 saturated heterocycles. The molecule has 1 amide bonds. The molecule has 1 aliphatic heterocycles. The quantitative estimate of drug-likeness (QED) is 0.648. The minimum atomic E-state index is 0.259. The van der Waals surface area contributed by atoms with Gasteiger partial charge < -0.3 is 4.90 Å². The van der Waals surface area contributed by atoms with Crippen molar-refractivity contribution >= 4 is 5.91 Å². The first-order valence-corrected chi connectivity index (χ1v) is 8.93. The van der Waals surface area contributed by atoms with Crippen molar-refractivity contribution < 1.29 is 4.79 Å². The minimum absolute atomic E-state index is 0.259. The maximum absolute atomic E-state index is 12.1. The molecular formula is C19H29NO. The zero-order valence-electron chi connectivity index (χ0n) is 13.8. The van der Waals surface area contributed by atoms with Gasteiger partial charge in [0.05, 0.1) is 0 Å². The van der Waals surface area contributed by atoms with E-state index in [1.165, 1.54) is 44.2 Å². The number of likely N-dealkylation sites (tertiary alicyclic amines) is 1. The molecule has 2 heteroatoms. The Bertz CT molecular complexity index is 510. The number of allylic oxidation sites excluding steroid dienone is 2. The molecule has 2 saturated carbocycles. The number of hydrogen-bond donors (Lipinski definition) is 0. The number of carbonyl (C=O) groups excluding carboxylic acids is 1. The SMILES string of the molecule is CN1C(=O)CC[C@@]2(C)C1=CC[C@@H]1[C@H]2CC[C@]2(C)CCC[C@@H]12. The van der Waals surface area contributed by atoms with Crippen LogP contribution in [0.25, 0.3) is 0 Å². The zero-order chi connectivity index (χ0) is 14.8. The third-order valence-corrected chi connectivity index (χ3v) is 7.80. The molecule has 4 rings (SSSR count). The number of amides is 1. The van der Waals surface area contributed by atoms with E-state index in [4.69, 9.17) is 0 Å². The smallest absolute Gasteiger partial charge is 0.226 e. The summed E-state index contributed by atoms with van der Waals surface area (Å²) in [5.41, 5.74) is 2.23. The van der Waals surface area contributed by atoms with Crippen molar-refractivity contribution in [1.82, 2.24) is 4.90 Å². The molecule has 3 fully saturated rings. The fourth-order valence-electron chi connectivity index (χ4n) is 6.57. The van der Waals surface area contributed by atoms with Gasteiger partial charge in [-0.05, 0) is 61.7 Å². The molecule has 2 nitrogen and oxygen atoms in total. The Balaban J connectivity index is 1.72. The van der Waals surface area contributed by atoms with Crippen molar-refractivity contribution in [2.45, 2.75) is 65.2 Å². The lowest BCUT2D eigenvalue weighted by Crippen LogP contribution is -2.52. The summed E-state index contributed by atoms with van der Waals surface area (Å²) >= 11 is 0. The van der Waals surface area contributed by atoms with Crippen LogP contribution in [0.1, 0.15) is 65.2 Å². The molecule has 0 N–H and O–H groups in total. The lowest BCUT2D eigenvalue weighted by Gasteiger charge is -2.57. The molecule has 4 aliphatic rings. The van der Waals surface area contributed by atoms with Gasteiger partial charge in [-0.2, -0.15) is 0 Å². The monoisotopic (exact) mass is 287 g/mol. The van der Waals surface area contributed by atoms with E-state index in [-0.39, 0.29) is 5.41 Å². The van der Waals surface area contributed by atoms with Crippen LogP contribution < -0.4 is 0 Å². The maximum Gasteiger partial charge on any atom is 0.226 e. The number of piperidine rings is 1. The van der Waals surface area contributed by atoms with Gasteiger partial charge in [-0.1, -0.05) is 26.3 Å². The summed E-state index contributed by atoms with van der Waals surface area (Å²) in [4.78, 5) is 14.0. The molecule has 1 heterocycles. The van der Waals surface area contributed by atoms with E-state index in [0.29, 0.717) is 11.3 Å². The summed E-state index contributed by atoms with van der Waals surface area (Å²) in [6.07, 6.45) is 12.6. The third-order valence-electron chi connectivity index (χ3n) is 7.80. The Morgan fingerprint density at radius 1 is 1.14 bits per heavy atom. The molecule has 5 atom stereocenters. The highest BCUT2D eigenvalue weighted by Crippen LogP contribution is 2.64. The van der Waals surface area contributed by atoms with Gasteiger partial charge in [0, 0.05) is 24.6 Å². The van der Waals surface area contributed by atoms with Gasteiger partial charge in [-0.15, -0.1) is 0 Å². The highest BCUT2D eigenvalue weighted by atomic mass is 16.2. The molecule has 116 valence electrons. The van der Waals surface area contributed by atoms with Gasteiger partial charge in [0.2, 0.25) is 5.91 Å². The molecule has 0 unspecified atom stereocenters. The molecule has 0 bridgehead atoms. The van der Waals surface area contributed by atoms with Crippen molar-refractivity contribution in [3.63, 3.8) is 0 Å². The number of nitrogens with zero attached hydrogens (tertiary/aromatic N) is 1. The van der Waals surface area contributed by atoms with Gasteiger partial charge >= 0.3 is 0 Å². The zero-order valence-corrected chi connectivity index (χ0v) is 13.8. The van der Waals surface area contributed by atoms with Crippen molar-refractivity contribution in [3.8, 4) is 0 Å². The van der Waals surface area contributed by atoms with Crippen LogP contribution in [0.15, 0.2) is 11.8 Å². The van der Waals surface area contributed by atoms with Crippen LogP contribution in [-0.2, 0) is 4.79 Å². The second kappa shape index (κ2) is 4.36. The van der Waals surface area contributed by atoms with Crippen LogP contribution in [0.3, 0.4) is 0 Å². The Labute approximate surface area is 129 Å². The van der Waals surface area contributed by atoms with E-state index in [1.807, 2.05) is 11.9 Å². The van der Waals surface area contributed by atoms with E-state index in [9.17, 15) is 4.79 Å². The molecule has 21 heavy (non-hydrogen) atoms. The largest absolute Gasteiger partial charge is 0.319 e. The molecule has 0 radical (unpaired) electrons. The highest BCUT2D eigenvalue weighted by molar-refractivity contribution is 5.79. The van der Waals surface area contributed by atoms with Crippen LogP contribution >= 0.6 is 0 Å². The first-order valence-electron chi connectivity index (χ1n) is 8.93. The van der Waals surface area contributed by atoms with E-state index in [1.54, 1.807) is 0 Å². The predicted molar refractivity (Wildman–Crippen MR) is 84.5 cm³/mol. The van der Waals surface area contributed by atoms with Gasteiger partial charge in [0.1, 0.15) is 0 Å². The summed E-state index contributed by atoms with van der Waals surface area (Å²) < 4.78 is 0. The lowest BCUT2D eigenvalue weighted by molar-refractivity contribution is -0.135. The summed E-state index contributed by atoms with van der Waals surface area (Å²) in [5.74, 6) is 2.94. The van der Waals surface area contributed by atoms with Crippen LogP contribution in [0, 0.1) is 28.6 Å². The predicted octanol–water partition coefficient (Wildman–Crippen LogP) is 4.37. The van der Waals surface area contributed by atoms with Gasteiger partial charge in [0.15, 0.2) is 0 Å². The number of hydrogen-bond acceptors (Lipinski definition) is 1. The second-order valence-electron chi connectivity index (χ2n) is 8.66. The van der Waals surface area contributed by atoms with Gasteiger partial charge in [-0.25, -0.2) is 0 Å². The Morgan fingerprint density at radius 3 is 2.76 bits per heavy atom. The van der Waals surface area contributed by atoms with Crippen LogP contribution in [0.5, 0.6) is 0 Å². The van der Waals surface area contributed by atoms with E-state index >= 15 is 0 Å². The molecular weight excluding hydrogens is 258 g/mol. The molecule has 0 spiro atoms. The van der Waals surface area contributed by atoms with Crippen LogP contribution in [0.2, 0.25) is 0 Å². The first-order chi connectivity index (χ1) is 9.96. The van der Waals surface area contributed by atoms with Crippen molar-refractivity contribution in [1.29, 1.82) is 0 Å². The average Bonchev–Trinajstić information content (AvgIpc) is 2.85. The van der Waals surface area contributed by atoms with E-state index < -0.39 is 0 Å². The summed E-state index contributed by atoms with van der Waals surface area (Å²) in [7, 11) is 1.99. The molecule has 0 aromatic carbocycles. The van der Waals surface area contributed by atoms with Gasteiger partial charge in [-0.3, -0.25) is 4.79 Å². The van der Waals surface area contributed by atoms with Gasteiger partial charge in [0.25, 0.3) is 0 Å².